The molecule has 0 fully saturated rings. The van der Waals surface area contributed by atoms with E-state index in [1.165, 1.54) is 0 Å². The maximum Gasteiger partial charge on any atom is 0.229 e. The Kier molecular flexibility index (Phi) is 4.85. The van der Waals surface area contributed by atoms with Gasteiger partial charge in [-0.1, -0.05) is 13.0 Å². The zero-order valence-corrected chi connectivity index (χ0v) is 16.2. The summed E-state index contributed by atoms with van der Waals surface area (Å²) in [6.07, 6.45) is 8.24. The molecule has 0 spiro atoms. The third kappa shape index (κ3) is 3.62. The van der Waals surface area contributed by atoms with Crippen LogP contribution < -0.4 is 5.32 Å². The lowest BCUT2D eigenvalue weighted by Crippen LogP contribution is -1.96. The highest BCUT2D eigenvalue weighted by Gasteiger charge is 2.10. The highest BCUT2D eigenvalue weighted by atomic mass is 15.1. The van der Waals surface area contributed by atoms with Crippen molar-refractivity contribution >= 4 is 34.1 Å². The highest BCUT2D eigenvalue weighted by Crippen LogP contribution is 2.31. The van der Waals surface area contributed by atoms with Gasteiger partial charge in [-0.3, -0.25) is 9.98 Å². The number of aromatic amines is 1. The van der Waals surface area contributed by atoms with E-state index in [0.29, 0.717) is 5.95 Å². The molecule has 1 aromatic carbocycles. The van der Waals surface area contributed by atoms with Crippen molar-refractivity contribution < 1.29 is 0 Å². The summed E-state index contributed by atoms with van der Waals surface area (Å²) in [5.41, 5.74) is 7.19. The number of nitrogens with zero attached hydrogens (tertiary/aromatic N) is 4. The number of rotatable bonds is 5. The number of pyridine rings is 1. The van der Waals surface area contributed by atoms with Crippen molar-refractivity contribution in [3.8, 4) is 11.1 Å². The van der Waals surface area contributed by atoms with Crippen LogP contribution in [0.1, 0.15) is 25.8 Å². The van der Waals surface area contributed by atoms with Gasteiger partial charge in [0.05, 0.1) is 5.69 Å². The topological polar surface area (TPSA) is 78.9 Å². The standard InChI is InChI=1S/C22H22N6/c1-4-15(3)26-20-6-5-16(11-14(20)2)18-12-24-21-19(18)13-25-22(28-21)27-17-7-9-23-10-8-17/h5-13H,4H2,1-3H3,(H2,23,24,25,27,28). The number of aryl methyl sites for hydroxylation is 1. The molecule has 0 aliphatic heterocycles. The van der Waals surface area contributed by atoms with Crippen molar-refractivity contribution in [1.82, 2.24) is 19.9 Å². The number of nitrogens with one attached hydrogen (secondary N) is 2. The first-order valence-corrected chi connectivity index (χ1v) is 9.30. The van der Waals surface area contributed by atoms with Crippen molar-refractivity contribution in [3.05, 3.63) is 60.7 Å². The normalized spacial score (nSPS) is 11.8. The molecule has 0 amide bonds. The number of hydrogen-bond acceptors (Lipinski definition) is 5. The lowest BCUT2D eigenvalue weighted by molar-refractivity contribution is 1.19. The molecule has 6 nitrogen and oxygen atoms in total. The zero-order valence-electron chi connectivity index (χ0n) is 16.2. The van der Waals surface area contributed by atoms with E-state index < -0.39 is 0 Å². The number of aromatic nitrogens is 4. The highest BCUT2D eigenvalue weighted by molar-refractivity contribution is 5.94. The van der Waals surface area contributed by atoms with Gasteiger partial charge in [0.1, 0.15) is 5.65 Å². The molecule has 28 heavy (non-hydrogen) atoms. The monoisotopic (exact) mass is 370 g/mol. The number of aliphatic imine (C=N–C) groups is 1. The van der Waals surface area contributed by atoms with E-state index in [4.69, 9.17) is 0 Å². The van der Waals surface area contributed by atoms with E-state index >= 15 is 0 Å². The van der Waals surface area contributed by atoms with Crippen LogP contribution in [-0.4, -0.2) is 25.6 Å². The second-order valence-electron chi connectivity index (χ2n) is 6.72. The average Bonchev–Trinajstić information content (AvgIpc) is 3.13. The summed E-state index contributed by atoms with van der Waals surface area (Å²) >= 11 is 0. The molecule has 0 radical (unpaired) electrons. The average molecular weight is 370 g/mol. The van der Waals surface area contributed by atoms with Gasteiger partial charge < -0.3 is 10.3 Å². The molecule has 6 heteroatoms. The van der Waals surface area contributed by atoms with Gasteiger partial charge in [-0.15, -0.1) is 0 Å². The maximum absolute atomic E-state index is 4.68. The molecular weight excluding hydrogens is 348 g/mol. The first-order valence-electron chi connectivity index (χ1n) is 9.30. The third-order valence-corrected chi connectivity index (χ3v) is 4.70. The summed E-state index contributed by atoms with van der Waals surface area (Å²) in [5.74, 6) is 0.544. The van der Waals surface area contributed by atoms with Crippen molar-refractivity contribution in [2.75, 3.05) is 5.32 Å². The molecule has 0 atom stereocenters. The SMILES string of the molecule is CCC(C)=Nc1ccc(-c2c[nH]c3nc(Nc4ccncc4)ncc23)cc1C. The Morgan fingerprint density at radius 2 is 2.00 bits per heavy atom. The van der Waals surface area contributed by atoms with Crippen LogP contribution in [0.2, 0.25) is 0 Å². The minimum atomic E-state index is 0.544. The fraction of sp³-hybridized carbons (Fsp3) is 0.182. The van der Waals surface area contributed by atoms with Gasteiger partial charge in [0.15, 0.2) is 0 Å². The van der Waals surface area contributed by atoms with Crippen molar-refractivity contribution in [3.63, 3.8) is 0 Å². The molecule has 3 aromatic heterocycles. The van der Waals surface area contributed by atoms with Crippen molar-refractivity contribution in [1.29, 1.82) is 0 Å². The van der Waals surface area contributed by atoms with Gasteiger partial charge in [-0.2, -0.15) is 4.98 Å². The molecule has 3 heterocycles. The summed E-state index contributed by atoms with van der Waals surface area (Å²) in [7, 11) is 0. The van der Waals surface area contributed by atoms with Gasteiger partial charge in [0, 0.05) is 47.1 Å². The fourth-order valence-corrected chi connectivity index (χ4v) is 3.00. The smallest absolute Gasteiger partial charge is 0.229 e. The molecule has 0 unspecified atom stereocenters. The number of fused-ring (bicyclic) bond motifs is 1. The fourth-order valence-electron chi connectivity index (χ4n) is 3.00. The van der Waals surface area contributed by atoms with E-state index in [1.807, 2.05) is 24.5 Å². The van der Waals surface area contributed by atoms with Crippen LogP contribution in [0, 0.1) is 6.92 Å². The van der Waals surface area contributed by atoms with Gasteiger partial charge in [-0.05, 0) is 55.7 Å². The summed E-state index contributed by atoms with van der Waals surface area (Å²) in [5, 5.41) is 4.18. The Labute approximate surface area is 163 Å². The van der Waals surface area contributed by atoms with Crippen LogP contribution in [-0.2, 0) is 0 Å². The van der Waals surface area contributed by atoms with Gasteiger partial charge in [0.2, 0.25) is 5.95 Å². The van der Waals surface area contributed by atoms with E-state index in [1.54, 1.807) is 12.4 Å². The Morgan fingerprint density at radius 1 is 1.18 bits per heavy atom. The van der Waals surface area contributed by atoms with E-state index in [2.05, 4.69) is 69.2 Å². The summed E-state index contributed by atoms with van der Waals surface area (Å²) < 4.78 is 0. The predicted octanol–water partition coefficient (Wildman–Crippen LogP) is 5.57. The quantitative estimate of drug-likeness (QED) is 0.450. The molecule has 4 rings (SSSR count). The lowest BCUT2D eigenvalue weighted by Gasteiger charge is -2.06. The van der Waals surface area contributed by atoms with E-state index in [-0.39, 0.29) is 0 Å². The molecule has 4 aromatic rings. The van der Waals surface area contributed by atoms with Gasteiger partial charge >= 0.3 is 0 Å². The number of benzene rings is 1. The van der Waals surface area contributed by atoms with Crippen LogP contribution in [0.15, 0.2) is 60.1 Å². The molecule has 0 bridgehead atoms. The van der Waals surface area contributed by atoms with Gasteiger partial charge in [0.25, 0.3) is 0 Å². The van der Waals surface area contributed by atoms with Crippen LogP contribution in [0.3, 0.4) is 0 Å². The number of hydrogen-bond donors (Lipinski definition) is 2. The predicted molar refractivity (Wildman–Crippen MR) is 115 cm³/mol. The largest absolute Gasteiger partial charge is 0.345 e. The van der Waals surface area contributed by atoms with Crippen LogP contribution >= 0.6 is 0 Å². The Morgan fingerprint density at radius 3 is 2.75 bits per heavy atom. The molecule has 2 N–H and O–H groups in total. The summed E-state index contributed by atoms with van der Waals surface area (Å²) in [6.45, 7) is 6.27. The molecule has 0 aliphatic carbocycles. The third-order valence-electron chi connectivity index (χ3n) is 4.70. The second kappa shape index (κ2) is 7.60. The second-order valence-corrected chi connectivity index (χ2v) is 6.72. The van der Waals surface area contributed by atoms with Gasteiger partial charge in [-0.25, -0.2) is 4.98 Å². The van der Waals surface area contributed by atoms with Crippen molar-refractivity contribution in [2.45, 2.75) is 27.2 Å². The Balaban J connectivity index is 1.66. The van der Waals surface area contributed by atoms with Crippen LogP contribution in [0.4, 0.5) is 17.3 Å². The van der Waals surface area contributed by atoms with Crippen molar-refractivity contribution in [2.24, 2.45) is 4.99 Å². The van der Waals surface area contributed by atoms with Crippen LogP contribution in [0.25, 0.3) is 22.2 Å². The first-order chi connectivity index (χ1) is 13.6. The summed E-state index contributed by atoms with van der Waals surface area (Å²) in [6, 6.07) is 10.1. The maximum atomic E-state index is 4.68. The molecule has 140 valence electrons. The molecule has 0 aliphatic rings. The minimum Gasteiger partial charge on any atom is -0.345 e. The first kappa shape index (κ1) is 17.9. The number of anilines is 2. The Hall–Kier alpha value is -3.54. The van der Waals surface area contributed by atoms with Crippen LogP contribution in [0.5, 0.6) is 0 Å². The Bertz CT molecular complexity index is 1140. The summed E-state index contributed by atoms with van der Waals surface area (Å²) in [4.78, 5) is 21.0. The number of H-pyrrole nitrogens is 1. The van der Waals surface area contributed by atoms with E-state index in [0.717, 1.165) is 51.2 Å². The minimum absolute atomic E-state index is 0.544. The molecule has 0 saturated heterocycles. The molecule has 0 saturated carbocycles. The van der Waals surface area contributed by atoms with E-state index in [9.17, 15) is 0 Å². The zero-order chi connectivity index (χ0) is 19.5. The lowest BCUT2D eigenvalue weighted by atomic mass is 10.0. The molecular formula is C22H22N6.